The van der Waals surface area contributed by atoms with Crippen molar-refractivity contribution in [2.24, 2.45) is 5.73 Å². The zero-order chi connectivity index (χ0) is 21.0. The molecule has 0 fully saturated rings. The predicted octanol–water partition coefficient (Wildman–Crippen LogP) is 3.15. The molecule has 0 aliphatic carbocycles. The van der Waals surface area contributed by atoms with Gasteiger partial charge in [0.05, 0.1) is 10.6 Å². The Kier molecular flexibility index (Phi) is 5.65. The normalized spacial score (nSPS) is 10.9. The van der Waals surface area contributed by atoms with Gasteiger partial charge in [-0.15, -0.1) is 0 Å². The number of nitrogens with two attached hydrogens (primary N) is 1. The van der Waals surface area contributed by atoms with Crippen LogP contribution in [0.5, 0.6) is 0 Å². The van der Waals surface area contributed by atoms with Crippen molar-refractivity contribution in [1.82, 2.24) is 0 Å². The van der Waals surface area contributed by atoms with Gasteiger partial charge in [-0.1, -0.05) is 18.2 Å². The van der Waals surface area contributed by atoms with Gasteiger partial charge in [-0.25, -0.2) is 8.42 Å². The van der Waals surface area contributed by atoms with Gasteiger partial charge >= 0.3 is 0 Å². The number of benzene rings is 3. The Hall–Kier alpha value is -3.65. The molecule has 0 atom stereocenters. The number of carbonyl (C=O) groups excluding carboxylic acids is 2. The number of aryl methyl sites for hydroxylation is 1. The zero-order valence-electron chi connectivity index (χ0n) is 15.5. The minimum atomic E-state index is -3.72. The van der Waals surface area contributed by atoms with Crippen molar-refractivity contribution >= 4 is 33.2 Å². The average molecular weight is 409 g/mol. The average Bonchev–Trinajstić information content (AvgIpc) is 2.70. The second-order valence-corrected chi connectivity index (χ2v) is 8.03. The molecule has 0 saturated carbocycles. The summed E-state index contributed by atoms with van der Waals surface area (Å²) in [5, 5.41) is 2.72. The predicted molar refractivity (Wildman–Crippen MR) is 111 cm³/mol. The highest BCUT2D eigenvalue weighted by molar-refractivity contribution is 7.92. The summed E-state index contributed by atoms with van der Waals surface area (Å²) >= 11 is 0. The van der Waals surface area contributed by atoms with Crippen LogP contribution < -0.4 is 15.8 Å². The van der Waals surface area contributed by atoms with Crippen molar-refractivity contribution in [1.29, 1.82) is 0 Å². The molecule has 0 aromatic heterocycles. The molecule has 3 aromatic carbocycles. The van der Waals surface area contributed by atoms with Crippen molar-refractivity contribution < 1.29 is 18.0 Å². The Balaban J connectivity index is 1.75. The summed E-state index contributed by atoms with van der Waals surface area (Å²) in [7, 11) is -3.72. The van der Waals surface area contributed by atoms with Crippen LogP contribution in [0, 0.1) is 6.92 Å². The second-order valence-electron chi connectivity index (χ2n) is 6.34. The number of amides is 2. The lowest BCUT2D eigenvalue weighted by molar-refractivity contribution is 0.0998. The van der Waals surface area contributed by atoms with Crippen LogP contribution in [0.15, 0.2) is 77.7 Å². The fraction of sp³-hybridized carbons (Fsp3) is 0.0476. The molecule has 0 unspecified atom stereocenters. The molecule has 3 aromatic rings. The first-order valence-corrected chi connectivity index (χ1v) is 10.1. The van der Waals surface area contributed by atoms with E-state index in [-0.39, 0.29) is 10.8 Å². The fourth-order valence-corrected chi connectivity index (χ4v) is 3.80. The first-order valence-electron chi connectivity index (χ1n) is 8.66. The van der Waals surface area contributed by atoms with Crippen molar-refractivity contribution in [2.75, 3.05) is 10.0 Å². The number of primary amides is 1. The third-order valence-electron chi connectivity index (χ3n) is 4.21. The van der Waals surface area contributed by atoms with Crippen LogP contribution in [0.25, 0.3) is 0 Å². The van der Waals surface area contributed by atoms with Gasteiger partial charge in [0.1, 0.15) is 0 Å². The van der Waals surface area contributed by atoms with E-state index < -0.39 is 15.9 Å². The van der Waals surface area contributed by atoms with Crippen LogP contribution in [0.2, 0.25) is 0 Å². The maximum Gasteiger partial charge on any atom is 0.261 e. The Morgan fingerprint density at radius 1 is 0.862 bits per heavy atom. The molecule has 4 N–H and O–H groups in total. The van der Waals surface area contributed by atoms with Crippen molar-refractivity contribution in [2.45, 2.75) is 11.8 Å². The Bertz CT molecular complexity index is 1160. The lowest BCUT2D eigenvalue weighted by Crippen LogP contribution is -2.15. The smallest absolute Gasteiger partial charge is 0.261 e. The quantitative estimate of drug-likeness (QED) is 0.579. The van der Waals surface area contributed by atoms with Gasteiger partial charge in [0.25, 0.3) is 15.9 Å². The van der Waals surface area contributed by atoms with Crippen molar-refractivity contribution in [3.8, 4) is 0 Å². The van der Waals surface area contributed by atoms with Crippen LogP contribution in [-0.4, -0.2) is 20.2 Å². The highest BCUT2D eigenvalue weighted by Gasteiger charge is 2.16. The van der Waals surface area contributed by atoms with Crippen LogP contribution in [0.4, 0.5) is 11.4 Å². The monoisotopic (exact) mass is 409 g/mol. The molecule has 0 radical (unpaired) electrons. The first kappa shape index (κ1) is 20.1. The van der Waals surface area contributed by atoms with E-state index in [0.29, 0.717) is 28.1 Å². The number of rotatable bonds is 6. The number of sulfonamides is 1. The topological polar surface area (TPSA) is 118 Å². The maximum absolute atomic E-state index is 12.5. The molecule has 0 spiro atoms. The van der Waals surface area contributed by atoms with Gasteiger partial charge in [0.15, 0.2) is 0 Å². The third-order valence-corrected chi connectivity index (χ3v) is 5.60. The molecule has 0 saturated heterocycles. The summed E-state index contributed by atoms with van der Waals surface area (Å²) in [5.74, 6) is -0.913. The van der Waals surface area contributed by atoms with E-state index in [1.54, 1.807) is 49.4 Å². The maximum atomic E-state index is 12.5. The summed E-state index contributed by atoms with van der Waals surface area (Å²) in [4.78, 5) is 23.7. The fourth-order valence-electron chi connectivity index (χ4n) is 2.64. The number of anilines is 2. The molecule has 3 rings (SSSR count). The highest BCUT2D eigenvalue weighted by atomic mass is 32.2. The molecular formula is C21H19N3O4S. The van der Waals surface area contributed by atoms with E-state index in [1.165, 1.54) is 30.3 Å². The van der Waals surface area contributed by atoms with Crippen LogP contribution in [0.1, 0.15) is 26.3 Å². The summed E-state index contributed by atoms with van der Waals surface area (Å²) in [6.45, 7) is 1.71. The molecular weight excluding hydrogens is 390 g/mol. The molecule has 0 heterocycles. The zero-order valence-corrected chi connectivity index (χ0v) is 16.4. The van der Waals surface area contributed by atoms with Gasteiger partial charge in [-0.05, 0) is 67.1 Å². The number of carbonyl (C=O) groups is 2. The molecule has 29 heavy (non-hydrogen) atoms. The lowest BCUT2D eigenvalue weighted by Gasteiger charge is -2.12. The molecule has 0 aliphatic heterocycles. The Morgan fingerprint density at radius 2 is 1.48 bits per heavy atom. The minimum absolute atomic E-state index is 0.153. The van der Waals surface area contributed by atoms with Gasteiger partial charge in [-0.2, -0.15) is 0 Å². The summed E-state index contributed by atoms with van der Waals surface area (Å²) in [5.41, 5.74) is 7.39. The molecule has 148 valence electrons. The van der Waals surface area contributed by atoms with E-state index in [4.69, 9.17) is 5.73 Å². The minimum Gasteiger partial charge on any atom is -0.366 e. The van der Waals surface area contributed by atoms with Crippen LogP contribution >= 0.6 is 0 Å². The molecule has 0 bridgehead atoms. The molecule has 8 heteroatoms. The number of nitrogens with one attached hydrogen (secondary N) is 2. The standard InChI is InChI=1S/C21H19N3O4S/c1-14-13-16(21(26)23-17-10-7-15(8-11-17)20(22)25)9-12-19(14)24-29(27,28)18-5-3-2-4-6-18/h2-13,24H,1H3,(H2,22,25)(H,23,26). The Labute approximate surface area is 168 Å². The third kappa shape index (κ3) is 4.80. The van der Waals surface area contributed by atoms with Gasteiger partial charge in [0.2, 0.25) is 5.91 Å². The van der Waals surface area contributed by atoms with Crippen LogP contribution in [0.3, 0.4) is 0 Å². The molecule has 2 amide bonds. The van der Waals surface area contributed by atoms with Crippen molar-refractivity contribution in [3.63, 3.8) is 0 Å². The van der Waals surface area contributed by atoms with Gasteiger partial charge in [-0.3, -0.25) is 14.3 Å². The first-order chi connectivity index (χ1) is 13.8. The van der Waals surface area contributed by atoms with E-state index in [1.807, 2.05) is 0 Å². The second kappa shape index (κ2) is 8.15. The highest BCUT2D eigenvalue weighted by Crippen LogP contribution is 2.21. The van der Waals surface area contributed by atoms with Gasteiger partial charge < -0.3 is 11.1 Å². The van der Waals surface area contributed by atoms with E-state index >= 15 is 0 Å². The summed E-state index contributed by atoms with van der Waals surface area (Å²) < 4.78 is 27.5. The van der Waals surface area contributed by atoms with Crippen molar-refractivity contribution in [3.05, 3.63) is 89.5 Å². The molecule has 0 aliphatic rings. The number of hydrogen-bond acceptors (Lipinski definition) is 4. The van der Waals surface area contributed by atoms with E-state index in [2.05, 4.69) is 10.0 Å². The van der Waals surface area contributed by atoms with E-state index in [0.717, 1.165) is 0 Å². The largest absolute Gasteiger partial charge is 0.366 e. The Morgan fingerprint density at radius 3 is 2.07 bits per heavy atom. The molecule has 7 nitrogen and oxygen atoms in total. The van der Waals surface area contributed by atoms with E-state index in [9.17, 15) is 18.0 Å². The summed E-state index contributed by atoms with van der Waals surface area (Å²) in [6, 6.07) is 18.9. The lowest BCUT2D eigenvalue weighted by atomic mass is 10.1. The van der Waals surface area contributed by atoms with Crippen LogP contribution in [-0.2, 0) is 10.0 Å². The SMILES string of the molecule is Cc1cc(C(=O)Nc2ccc(C(N)=O)cc2)ccc1NS(=O)(=O)c1ccccc1. The van der Waals surface area contributed by atoms with Gasteiger partial charge in [0, 0.05) is 16.8 Å². The summed E-state index contributed by atoms with van der Waals surface area (Å²) in [6.07, 6.45) is 0. The number of hydrogen-bond donors (Lipinski definition) is 3.